The normalized spacial score (nSPS) is 10.1. The number of hydrogen-bond acceptors (Lipinski definition) is 3. The summed E-state index contributed by atoms with van der Waals surface area (Å²) in [5.74, 6) is 0. The van der Waals surface area contributed by atoms with E-state index in [1.165, 1.54) is 5.69 Å². The Kier molecular flexibility index (Phi) is 4.98. The van der Waals surface area contributed by atoms with E-state index < -0.39 is 0 Å². The first-order valence-electron chi connectivity index (χ1n) is 5.45. The summed E-state index contributed by atoms with van der Waals surface area (Å²) in [5.41, 5.74) is 2.34. The fraction of sp³-hybridized carbons (Fsp3) is 0.500. The second kappa shape index (κ2) is 6.30. The average molecular weight is 208 g/mol. The zero-order valence-electron chi connectivity index (χ0n) is 9.53. The van der Waals surface area contributed by atoms with Crippen molar-refractivity contribution >= 4 is 11.4 Å². The first-order valence-corrected chi connectivity index (χ1v) is 5.45. The molecule has 1 rings (SSSR count). The van der Waals surface area contributed by atoms with Crippen LogP contribution in [-0.4, -0.2) is 31.9 Å². The van der Waals surface area contributed by atoms with Gasteiger partial charge >= 0.3 is 0 Å². The third-order valence-corrected chi connectivity index (χ3v) is 2.49. The Balaban J connectivity index is 2.65. The van der Waals surface area contributed by atoms with Crippen LogP contribution in [-0.2, 0) is 0 Å². The molecule has 0 amide bonds. The van der Waals surface area contributed by atoms with Crippen LogP contribution >= 0.6 is 0 Å². The maximum atomic E-state index is 8.80. The number of aliphatic hydroxyl groups is 1. The summed E-state index contributed by atoms with van der Waals surface area (Å²) in [7, 11) is 1.92. The molecule has 3 nitrogen and oxygen atoms in total. The van der Waals surface area contributed by atoms with Crippen molar-refractivity contribution in [3.63, 3.8) is 0 Å². The Labute approximate surface area is 91.7 Å². The molecule has 0 atom stereocenters. The third-order valence-electron chi connectivity index (χ3n) is 2.49. The summed E-state index contributed by atoms with van der Waals surface area (Å²) in [4.78, 5) is 2.26. The van der Waals surface area contributed by atoms with Gasteiger partial charge in [-0.15, -0.1) is 0 Å². The number of hydrogen-bond donors (Lipinski definition) is 2. The molecule has 2 N–H and O–H groups in total. The van der Waals surface area contributed by atoms with E-state index in [9.17, 15) is 0 Å². The average Bonchev–Trinajstić information content (AvgIpc) is 2.31. The van der Waals surface area contributed by atoms with Gasteiger partial charge in [0.2, 0.25) is 0 Å². The molecule has 1 aromatic rings. The van der Waals surface area contributed by atoms with Crippen LogP contribution in [0.15, 0.2) is 24.3 Å². The van der Waals surface area contributed by atoms with Gasteiger partial charge in [-0.05, 0) is 37.6 Å². The molecule has 3 heteroatoms. The van der Waals surface area contributed by atoms with Crippen molar-refractivity contribution in [2.45, 2.75) is 13.3 Å². The van der Waals surface area contributed by atoms with Crippen LogP contribution in [0.4, 0.5) is 11.4 Å². The number of rotatable bonds is 6. The zero-order chi connectivity index (χ0) is 11.1. The molecule has 0 unspecified atom stereocenters. The Hall–Kier alpha value is -1.22. The fourth-order valence-electron chi connectivity index (χ4n) is 1.57. The van der Waals surface area contributed by atoms with Gasteiger partial charge in [-0.2, -0.15) is 0 Å². The summed E-state index contributed by atoms with van der Waals surface area (Å²) >= 11 is 0. The van der Waals surface area contributed by atoms with E-state index in [1.54, 1.807) is 0 Å². The van der Waals surface area contributed by atoms with Gasteiger partial charge in [0, 0.05) is 38.1 Å². The second-order valence-corrected chi connectivity index (χ2v) is 3.45. The van der Waals surface area contributed by atoms with Crippen molar-refractivity contribution in [3.05, 3.63) is 24.3 Å². The predicted molar refractivity (Wildman–Crippen MR) is 65.6 cm³/mol. The number of nitrogens with zero attached hydrogens (tertiary/aromatic N) is 1. The monoisotopic (exact) mass is 208 g/mol. The summed E-state index contributed by atoms with van der Waals surface area (Å²) < 4.78 is 0. The lowest BCUT2D eigenvalue weighted by molar-refractivity contribution is 0.289. The molecule has 0 aliphatic rings. The van der Waals surface area contributed by atoms with E-state index in [0.29, 0.717) is 0 Å². The highest BCUT2D eigenvalue weighted by Crippen LogP contribution is 2.17. The standard InChI is InChI=1S/C12H20N2O/c1-3-14(9-4-10-15)12-7-5-11(13-2)6-8-12/h5-8,13,15H,3-4,9-10H2,1-2H3. The van der Waals surface area contributed by atoms with E-state index in [2.05, 4.69) is 41.4 Å². The molecule has 15 heavy (non-hydrogen) atoms. The van der Waals surface area contributed by atoms with E-state index in [4.69, 9.17) is 5.11 Å². The molecule has 0 saturated carbocycles. The van der Waals surface area contributed by atoms with Crippen LogP contribution in [0, 0.1) is 0 Å². The van der Waals surface area contributed by atoms with Crippen LogP contribution < -0.4 is 10.2 Å². The Morgan fingerprint density at radius 1 is 1.27 bits per heavy atom. The van der Waals surface area contributed by atoms with Gasteiger partial charge in [0.15, 0.2) is 0 Å². The maximum Gasteiger partial charge on any atom is 0.0447 e. The lowest BCUT2D eigenvalue weighted by atomic mass is 10.2. The van der Waals surface area contributed by atoms with Gasteiger partial charge in [-0.3, -0.25) is 0 Å². The van der Waals surface area contributed by atoms with Gasteiger partial charge in [0.05, 0.1) is 0 Å². The SMILES string of the molecule is CCN(CCCO)c1ccc(NC)cc1. The molecule has 0 saturated heterocycles. The van der Waals surface area contributed by atoms with Crippen LogP contribution in [0.1, 0.15) is 13.3 Å². The number of aliphatic hydroxyl groups excluding tert-OH is 1. The lowest BCUT2D eigenvalue weighted by Gasteiger charge is -2.22. The zero-order valence-corrected chi connectivity index (χ0v) is 9.53. The van der Waals surface area contributed by atoms with E-state index in [-0.39, 0.29) is 6.61 Å². The molecule has 0 spiro atoms. The quantitative estimate of drug-likeness (QED) is 0.750. The van der Waals surface area contributed by atoms with Crippen LogP contribution in [0.3, 0.4) is 0 Å². The van der Waals surface area contributed by atoms with Crippen LogP contribution in [0.25, 0.3) is 0 Å². The predicted octanol–water partition coefficient (Wildman–Crippen LogP) is 1.94. The van der Waals surface area contributed by atoms with Gasteiger partial charge in [-0.25, -0.2) is 0 Å². The minimum absolute atomic E-state index is 0.255. The minimum atomic E-state index is 0.255. The minimum Gasteiger partial charge on any atom is -0.396 e. The molecular formula is C12H20N2O. The molecule has 1 aromatic carbocycles. The molecule has 0 aliphatic carbocycles. The highest BCUT2D eigenvalue weighted by atomic mass is 16.3. The smallest absolute Gasteiger partial charge is 0.0447 e. The lowest BCUT2D eigenvalue weighted by Crippen LogP contribution is -2.24. The van der Waals surface area contributed by atoms with Crippen molar-refractivity contribution in [1.82, 2.24) is 0 Å². The number of nitrogens with one attached hydrogen (secondary N) is 1. The highest BCUT2D eigenvalue weighted by Gasteiger charge is 2.02. The van der Waals surface area contributed by atoms with Crippen LogP contribution in [0.2, 0.25) is 0 Å². The van der Waals surface area contributed by atoms with E-state index in [0.717, 1.165) is 25.2 Å². The van der Waals surface area contributed by atoms with Gasteiger partial charge in [0.1, 0.15) is 0 Å². The van der Waals surface area contributed by atoms with Crippen molar-refractivity contribution in [1.29, 1.82) is 0 Å². The van der Waals surface area contributed by atoms with E-state index >= 15 is 0 Å². The maximum absolute atomic E-state index is 8.80. The summed E-state index contributed by atoms with van der Waals surface area (Å²) in [5, 5.41) is 11.9. The highest BCUT2D eigenvalue weighted by molar-refractivity contribution is 5.54. The number of anilines is 2. The Bertz CT molecular complexity index is 271. The first kappa shape index (κ1) is 11.9. The van der Waals surface area contributed by atoms with Gasteiger partial charge in [0.25, 0.3) is 0 Å². The van der Waals surface area contributed by atoms with Crippen molar-refractivity contribution in [3.8, 4) is 0 Å². The van der Waals surface area contributed by atoms with Gasteiger partial charge < -0.3 is 15.3 Å². The molecule has 84 valence electrons. The Morgan fingerprint density at radius 3 is 2.40 bits per heavy atom. The third kappa shape index (κ3) is 3.44. The second-order valence-electron chi connectivity index (χ2n) is 3.45. The van der Waals surface area contributed by atoms with Crippen molar-refractivity contribution in [2.24, 2.45) is 0 Å². The molecule has 0 aliphatic heterocycles. The van der Waals surface area contributed by atoms with Crippen LogP contribution in [0.5, 0.6) is 0 Å². The first-order chi connectivity index (χ1) is 7.31. The summed E-state index contributed by atoms with van der Waals surface area (Å²) in [6.45, 7) is 4.26. The molecular weight excluding hydrogens is 188 g/mol. The van der Waals surface area contributed by atoms with E-state index in [1.807, 2.05) is 7.05 Å². The largest absolute Gasteiger partial charge is 0.396 e. The molecule has 0 bridgehead atoms. The molecule has 0 radical (unpaired) electrons. The summed E-state index contributed by atoms with van der Waals surface area (Å²) in [6, 6.07) is 8.34. The van der Waals surface area contributed by atoms with Gasteiger partial charge in [-0.1, -0.05) is 0 Å². The fourth-order valence-corrected chi connectivity index (χ4v) is 1.57. The summed E-state index contributed by atoms with van der Waals surface area (Å²) in [6.07, 6.45) is 0.821. The molecule has 0 aromatic heterocycles. The number of benzene rings is 1. The van der Waals surface area contributed by atoms with Crippen molar-refractivity contribution in [2.75, 3.05) is 37.0 Å². The topological polar surface area (TPSA) is 35.5 Å². The molecule has 0 fully saturated rings. The molecule has 0 heterocycles. The Morgan fingerprint density at radius 2 is 1.93 bits per heavy atom. The van der Waals surface area contributed by atoms with Crippen molar-refractivity contribution < 1.29 is 5.11 Å².